The number of aromatic nitrogens is 1. The van der Waals surface area contributed by atoms with E-state index in [0.717, 1.165) is 0 Å². The molecular formula is C31H25ClN4O5S. The molecule has 0 spiro atoms. The van der Waals surface area contributed by atoms with Crippen molar-refractivity contribution in [1.82, 2.24) is 4.57 Å². The van der Waals surface area contributed by atoms with Gasteiger partial charge in [-0.15, -0.1) is 0 Å². The van der Waals surface area contributed by atoms with Crippen LogP contribution in [-0.2, 0) is 4.79 Å². The Bertz CT molecular complexity index is 1930. The van der Waals surface area contributed by atoms with Gasteiger partial charge in [-0.25, -0.2) is 4.99 Å². The van der Waals surface area contributed by atoms with Crippen molar-refractivity contribution in [3.05, 3.63) is 114 Å². The first-order valence-corrected chi connectivity index (χ1v) is 13.9. The van der Waals surface area contributed by atoms with Gasteiger partial charge in [0.2, 0.25) is 0 Å². The number of nitriles is 1. The lowest BCUT2D eigenvalue weighted by Crippen LogP contribution is -2.40. The van der Waals surface area contributed by atoms with Crippen molar-refractivity contribution in [3.8, 4) is 23.3 Å². The van der Waals surface area contributed by atoms with Crippen LogP contribution in [0.4, 0.5) is 5.69 Å². The molecule has 212 valence electrons. The summed E-state index contributed by atoms with van der Waals surface area (Å²) >= 11 is 7.63. The van der Waals surface area contributed by atoms with Crippen molar-refractivity contribution in [1.29, 1.82) is 5.26 Å². The highest BCUT2D eigenvalue weighted by Gasteiger charge is 2.32. The maximum atomic E-state index is 14.0. The van der Waals surface area contributed by atoms with E-state index in [1.807, 2.05) is 36.4 Å². The van der Waals surface area contributed by atoms with Crippen LogP contribution in [0, 0.1) is 11.3 Å². The number of nitrogens with one attached hydrogen (secondary N) is 1. The second-order valence-electron chi connectivity index (χ2n) is 9.16. The lowest BCUT2D eigenvalue weighted by molar-refractivity contribution is -0.113. The molecule has 1 N–H and O–H groups in total. The van der Waals surface area contributed by atoms with Crippen LogP contribution in [-0.4, -0.2) is 31.3 Å². The Labute approximate surface area is 250 Å². The van der Waals surface area contributed by atoms with E-state index in [2.05, 4.69) is 10.3 Å². The summed E-state index contributed by atoms with van der Waals surface area (Å²) in [6, 6.07) is 20.8. The van der Waals surface area contributed by atoms with Crippen molar-refractivity contribution >= 4 is 40.6 Å². The van der Waals surface area contributed by atoms with Crippen molar-refractivity contribution in [3.63, 3.8) is 0 Å². The molecule has 0 aliphatic carbocycles. The van der Waals surface area contributed by atoms with E-state index in [0.29, 0.717) is 48.9 Å². The summed E-state index contributed by atoms with van der Waals surface area (Å²) in [7, 11) is 3.02. The van der Waals surface area contributed by atoms with Gasteiger partial charge in [0, 0.05) is 5.69 Å². The lowest BCUT2D eigenvalue weighted by Gasteiger charge is -2.25. The summed E-state index contributed by atoms with van der Waals surface area (Å²) in [6.07, 6.45) is 1.68. The van der Waals surface area contributed by atoms with Gasteiger partial charge in [-0.05, 0) is 60.5 Å². The number of ether oxygens (including phenoxy) is 3. The number of anilines is 1. The summed E-state index contributed by atoms with van der Waals surface area (Å²) in [5, 5.41) is 12.0. The zero-order chi connectivity index (χ0) is 29.8. The monoisotopic (exact) mass is 600 g/mol. The Morgan fingerprint density at radius 1 is 1.14 bits per heavy atom. The summed E-state index contributed by atoms with van der Waals surface area (Å²) < 4.78 is 18.2. The van der Waals surface area contributed by atoms with Crippen LogP contribution < -0.4 is 34.4 Å². The third-order valence-electron chi connectivity index (χ3n) is 6.54. The zero-order valence-corrected chi connectivity index (χ0v) is 24.5. The molecule has 0 radical (unpaired) electrons. The molecule has 42 heavy (non-hydrogen) atoms. The van der Waals surface area contributed by atoms with Gasteiger partial charge in [0.1, 0.15) is 11.8 Å². The molecule has 0 bridgehead atoms. The summed E-state index contributed by atoms with van der Waals surface area (Å²) in [5.41, 5.74) is 2.41. The average Bonchev–Trinajstić information content (AvgIpc) is 3.29. The molecule has 1 amide bonds. The predicted molar refractivity (Wildman–Crippen MR) is 161 cm³/mol. The van der Waals surface area contributed by atoms with Crippen LogP contribution in [0.5, 0.6) is 17.2 Å². The molecule has 1 aliphatic heterocycles. The second kappa shape index (κ2) is 12.3. The number of halogens is 1. The number of amides is 1. The van der Waals surface area contributed by atoms with Gasteiger partial charge in [-0.2, -0.15) is 5.26 Å². The van der Waals surface area contributed by atoms with Crippen LogP contribution >= 0.6 is 22.9 Å². The number of methoxy groups -OCH3 is 2. The van der Waals surface area contributed by atoms with Crippen LogP contribution in [0.15, 0.2) is 87.8 Å². The van der Waals surface area contributed by atoms with Crippen molar-refractivity contribution in [2.24, 2.45) is 4.99 Å². The minimum Gasteiger partial charge on any atom is -0.497 e. The number of thiazole rings is 1. The molecular weight excluding hydrogens is 576 g/mol. The number of hydrogen-bond donors (Lipinski definition) is 1. The SMILES string of the molecule is COc1cccc([C@H]2C(C(=O)Nc3ccccc3)=C(C)N=c3s/c(=C\c4cc(Cl)c(OCC#N)c(OC)c4)c(=O)n32)c1. The number of allylic oxidation sites excluding steroid dienone is 1. The van der Waals surface area contributed by atoms with E-state index in [-0.39, 0.29) is 28.8 Å². The Hall–Kier alpha value is -4.85. The molecule has 0 saturated heterocycles. The van der Waals surface area contributed by atoms with Gasteiger partial charge in [0.05, 0.1) is 41.1 Å². The number of hydrogen-bond acceptors (Lipinski definition) is 8. The van der Waals surface area contributed by atoms with E-state index in [1.54, 1.807) is 56.5 Å². The Balaban J connectivity index is 1.66. The number of nitrogens with zero attached hydrogens (tertiary/aromatic N) is 3. The van der Waals surface area contributed by atoms with Gasteiger partial charge in [0.15, 0.2) is 22.9 Å². The molecule has 1 aromatic heterocycles. The molecule has 3 aromatic carbocycles. The number of fused-ring (bicyclic) bond motifs is 1. The van der Waals surface area contributed by atoms with Crippen LogP contribution in [0.25, 0.3) is 6.08 Å². The maximum absolute atomic E-state index is 14.0. The summed E-state index contributed by atoms with van der Waals surface area (Å²) in [5.74, 6) is 0.783. The quantitative estimate of drug-likeness (QED) is 0.320. The number of benzene rings is 3. The maximum Gasteiger partial charge on any atom is 0.271 e. The fourth-order valence-electron chi connectivity index (χ4n) is 4.68. The summed E-state index contributed by atoms with van der Waals surface area (Å²) in [4.78, 5) is 32.8. The van der Waals surface area contributed by atoms with Gasteiger partial charge in [0.25, 0.3) is 11.5 Å². The van der Waals surface area contributed by atoms with Gasteiger partial charge >= 0.3 is 0 Å². The number of carbonyl (C=O) groups is 1. The lowest BCUT2D eigenvalue weighted by atomic mass is 9.95. The molecule has 0 unspecified atom stereocenters. The normalized spacial score (nSPS) is 14.5. The molecule has 1 atom stereocenters. The van der Waals surface area contributed by atoms with Crippen molar-refractivity contribution < 1.29 is 19.0 Å². The first-order chi connectivity index (χ1) is 20.3. The molecule has 5 rings (SSSR count). The highest BCUT2D eigenvalue weighted by atomic mass is 35.5. The van der Waals surface area contributed by atoms with E-state index in [4.69, 9.17) is 31.1 Å². The Kier molecular flexibility index (Phi) is 8.43. The topological polar surface area (TPSA) is 115 Å². The first-order valence-electron chi connectivity index (χ1n) is 12.7. The molecule has 4 aromatic rings. The number of rotatable bonds is 8. The third kappa shape index (κ3) is 5.65. The Morgan fingerprint density at radius 3 is 2.64 bits per heavy atom. The van der Waals surface area contributed by atoms with E-state index in [1.165, 1.54) is 23.0 Å². The third-order valence-corrected chi connectivity index (χ3v) is 7.80. The van der Waals surface area contributed by atoms with Gasteiger partial charge < -0.3 is 19.5 Å². The number of para-hydroxylation sites is 1. The highest BCUT2D eigenvalue weighted by Crippen LogP contribution is 2.37. The zero-order valence-electron chi connectivity index (χ0n) is 22.9. The highest BCUT2D eigenvalue weighted by molar-refractivity contribution is 7.07. The van der Waals surface area contributed by atoms with Gasteiger partial charge in [-0.1, -0.05) is 53.3 Å². The molecule has 1 aliphatic rings. The minimum absolute atomic E-state index is 0.197. The smallest absolute Gasteiger partial charge is 0.271 e. The first kappa shape index (κ1) is 28.7. The molecule has 2 heterocycles. The average molecular weight is 601 g/mol. The van der Waals surface area contributed by atoms with Gasteiger partial charge in [-0.3, -0.25) is 14.2 Å². The molecule has 9 nitrogen and oxygen atoms in total. The molecule has 0 fully saturated rings. The Morgan fingerprint density at radius 2 is 1.93 bits per heavy atom. The molecule has 0 saturated carbocycles. The van der Waals surface area contributed by atoms with Crippen molar-refractivity contribution in [2.45, 2.75) is 13.0 Å². The summed E-state index contributed by atoms with van der Waals surface area (Å²) in [6.45, 7) is 1.56. The fraction of sp³-hybridized carbons (Fsp3) is 0.161. The van der Waals surface area contributed by atoms with Crippen molar-refractivity contribution in [2.75, 3.05) is 26.1 Å². The van der Waals surface area contributed by atoms with E-state index < -0.39 is 6.04 Å². The van der Waals surface area contributed by atoms with E-state index in [9.17, 15) is 9.59 Å². The predicted octanol–water partition coefficient (Wildman–Crippen LogP) is 4.45. The van der Waals surface area contributed by atoms with E-state index >= 15 is 0 Å². The minimum atomic E-state index is -0.762. The molecule has 11 heteroatoms. The number of carbonyl (C=O) groups excluding carboxylic acids is 1. The standard InChI is InChI=1S/C31H25ClN4O5S/c1-18-26(29(37)35-21-9-5-4-6-10-21)27(20-8-7-11-22(17-20)39-2)36-30(38)25(42-31(36)34-18)16-19-14-23(32)28(41-13-12-33)24(15-19)40-3/h4-11,14-17,27H,13H2,1-3H3,(H,35,37)/b25-16-/t27-/m0/s1. The van der Waals surface area contributed by atoms with Crippen LogP contribution in [0.3, 0.4) is 0 Å². The second-order valence-corrected chi connectivity index (χ2v) is 10.6. The van der Waals surface area contributed by atoms with Crippen LogP contribution in [0.1, 0.15) is 24.1 Å². The fourth-order valence-corrected chi connectivity index (χ4v) is 6.00. The van der Waals surface area contributed by atoms with Crippen LogP contribution in [0.2, 0.25) is 5.02 Å². The largest absolute Gasteiger partial charge is 0.497 e.